The monoisotopic (exact) mass is 446 g/mol. The molecule has 9 heteroatoms. The second-order valence-electron chi connectivity index (χ2n) is 6.95. The molecule has 2 amide bonds. The third-order valence-corrected chi connectivity index (χ3v) is 5.52. The van der Waals surface area contributed by atoms with E-state index in [9.17, 15) is 9.59 Å². The summed E-state index contributed by atoms with van der Waals surface area (Å²) in [6.07, 6.45) is 0.00866. The van der Waals surface area contributed by atoms with Gasteiger partial charge in [-0.2, -0.15) is 0 Å². The van der Waals surface area contributed by atoms with Crippen LogP contribution in [0, 0.1) is 0 Å². The van der Waals surface area contributed by atoms with Gasteiger partial charge in [0.05, 0.1) is 46.2 Å². The first kappa shape index (κ1) is 22.6. The van der Waals surface area contributed by atoms with Gasteiger partial charge in [-0.15, -0.1) is 11.3 Å². The number of benzene rings is 1. The number of imide groups is 1. The van der Waals surface area contributed by atoms with E-state index >= 15 is 0 Å². The van der Waals surface area contributed by atoms with Crippen molar-refractivity contribution in [3.63, 3.8) is 0 Å². The van der Waals surface area contributed by atoms with Crippen molar-refractivity contribution < 1.29 is 28.5 Å². The van der Waals surface area contributed by atoms with E-state index in [1.807, 2.05) is 31.4 Å². The molecule has 1 aliphatic rings. The Balaban J connectivity index is 1.98. The highest BCUT2D eigenvalue weighted by molar-refractivity contribution is 7.11. The van der Waals surface area contributed by atoms with Crippen LogP contribution in [0.25, 0.3) is 5.57 Å². The zero-order chi connectivity index (χ0) is 22.5. The summed E-state index contributed by atoms with van der Waals surface area (Å²) in [4.78, 5) is 28.2. The molecule has 31 heavy (non-hydrogen) atoms. The number of anilines is 1. The molecular weight excluding hydrogens is 420 g/mol. The fourth-order valence-electron chi connectivity index (χ4n) is 3.22. The van der Waals surface area contributed by atoms with Gasteiger partial charge in [0.1, 0.15) is 5.70 Å². The minimum atomic E-state index is -0.408. The van der Waals surface area contributed by atoms with Gasteiger partial charge in [-0.25, -0.2) is 0 Å². The summed E-state index contributed by atoms with van der Waals surface area (Å²) in [5.41, 5.74) is 1.06. The molecule has 0 radical (unpaired) electrons. The first-order valence-electron chi connectivity index (χ1n) is 9.74. The van der Waals surface area contributed by atoms with Crippen molar-refractivity contribution in [3.8, 4) is 17.2 Å². The van der Waals surface area contributed by atoms with Crippen molar-refractivity contribution in [2.45, 2.75) is 20.0 Å². The van der Waals surface area contributed by atoms with Crippen LogP contribution in [0.4, 0.5) is 5.69 Å². The Morgan fingerprint density at radius 2 is 1.71 bits per heavy atom. The van der Waals surface area contributed by atoms with E-state index < -0.39 is 5.91 Å². The van der Waals surface area contributed by atoms with Gasteiger partial charge in [-0.1, -0.05) is 6.07 Å². The Kier molecular flexibility index (Phi) is 7.19. The SMILES string of the molecule is COc1cc(NC2=C(c3cccs3)C(=O)N(CCOC(C)C)C2=O)cc(OC)c1OC. The quantitative estimate of drug-likeness (QED) is 0.560. The third-order valence-electron chi connectivity index (χ3n) is 4.64. The zero-order valence-corrected chi connectivity index (χ0v) is 19.0. The lowest BCUT2D eigenvalue weighted by atomic mass is 10.1. The summed E-state index contributed by atoms with van der Waals surface area (Å²) in [5.74, 6) is 0.539. The molecule has 1 N–H and O–H groups in total. The Labute approximate surface area is 185 Å². The van der Waals surface area contributed by atoms with Crippen molar-refractivity contribution in [2.75, 3.05) is 39.8 Å². The summed E-state index contributed by atoms with van der Waals surface area (Å²) in [5, 5.41) is 4.97. The van der Waals surface area contributed by atoms with E-state index in [-0.39, 0.29) is 30.9 Å². The molecule has 0 unspecified atom stereocenters. The predicted molar refractivity (Wildman–Crippen MR) is 119 cm³/mol. The second kappa shape index (κ2) is 9.84. The van der Waals surface area contributed by atoms with Gasteiger partial charge in [-0.3, -0.25) is 14.5 Å². The maximum absolute atomic E-state index is 13.2. The number of methoxy groups -OCH3 is 3. The Bertz CT molecular complexity index is 959. The Morgan fingerprint density at radius 1 is 1.03 bits per heavy atom. The second-order valence-corrected chi connectivity index (χ2v) is 7.90. The van der Waals surface area contributed by atoms with Crippen LogP contribution in [0.1, 0.15) is 18.7 Å². The van der Waals surface area contributed by atoms with Gasteiger partial charge in [0.15, 0.2) is 11.5 Å². The molecule has 0 atom stereocenters. The van der Waals surface area contributed by atoms with Crippen molar-refractivity contribution in [3.05, 3.63) is 40.2 Å². The molecule has 8 nitrogen and oxygen atoms in total. The molecule has 0 fully saturated rings. The highest BCUT2D eigenvalue weighted by Gasteiger charge is 2.39. The van der Waals surface area contributed by atoms with Gasteiger partial charge >= 0.3 is 0 Å². The summed E-state index contributed by atoms with van der Waals surface area (Å²) >= 11 is 1.39. The molecule has 2 heterocycles. The third kappa shape index (κ3) is 4.67. The maximum atomic E-state index is 13.2. The fraction of sp³-hybridized carbons (Fsp3) is 0.364. The fourth-order valence-corrected chi connectivity index (χ4v) is 3.99. The molecular formula is C22H26N2O6S. The van der Waals surface area contributed by atoms with Crippen LogP contribution in [0.15, 0.2) is 35.3 Å². The molecule has 1 aliphatic heterocycles. The van der Waals surface area contributed by atoms with Gasteiger partial charge in [-0.05, 0) is 25.3 Å². The summed E-state index contributed by atoms with van der Waals surface area (Å²) < 4.78 is 21.7. The molecule has 3 rings (SSSR count). The predicted octanol–water partition coefficient (Wildman–Crippen LogP) is 3.39. The van der Waals surface area contributed by atoms with Crippen LogP contribution in [0.5, 0.6) is 17.2 Å². The van der Waals surface area contributed by atoms with Gasteiger partial charge < -0.3 is 24.3 Å². The number of nitrogens with zero attached hydrogens (tertiary/aromatic N) is 1. The average Bonchev–Trinajstić information content (AvgIpc) is 3.35. The van der Waals surface area contributed by atoms with E-state index in [4.69, 9.17) is 18.9 Å². The average molecular weight is 447 g/mol. The van der Waals surface area contributed by atoms with E-state index in [1.165, 1.54) is 37.6 Å². The highest BCUT2D eigenvalue weighted by atomic mass is 32.1. The number of hydrogen-bond acceptors (Lipinski definition) is 8. The zero-order valence-electron chi connectivity index (χ0n) is 18.2. The number of hydrogen-bond donors (Lipinski definition) is 1. The molecule has 0 saturated heterocycles. The number of ether oxygens (including phenoxy) is 4. The van der Waals surface area contributed by atoms with E-state index in [0.29, 0.717) is 33.4 Å². The minimum absolute atomic E-state index is 0.00866. The number of nitrogens with one attached hydrogen (secondary N) is 1. The molecule has 0 bridgehead atoms. The number of carbonyl (C=O) groups is 2. The standard InChI is InChI=1S/C22H26N2O6S/c1-13(2)30-9-8-24-21(25)18(17-7-6-10-31-17)19(22(24)26)23-14-11-15(27-3)20(29-5)16(12-14)28-4/h6-7,10-13,23H,8-9H2,1-5H3. The number of thiophene rings is 1. The molecule has 1 aromatic carbocycles. The number of carbonyl (C=O) groups excluding carboxylic acids is 2. The topological polar surface area (TPSA) is 86.3 Å². The Morgan fingerprint density at radius 3 is 2.23 bits per heavy atom. The number of rotatable bonds is 10. The van der Waals surface area contributed by atoms with Gasteiger partial charge in [0.25, 0.3) is 11.8 Å². The Hall–Kier alpha value is -3.04. The van der Waals surface area contributed by atoms with Gasteiger partial charge in [0.2, 0.25) is 5.75 Å². The first-order valence-corrected chi connectivity index (χ1v) is 10.6. The summed E-state index contributed by atoms with van der Waals surface area (Å²) in [6, 6.07) is 7.02. The van der Waals surface area contributed by atoms with Crippen molar-refractivity contribution in [1.82, 2.24) is 4.90 Å². The number of amides is 2. The van der Waals surface area contributed by atoms with Gasteiger partial charge in [0, 0.05) is 22.7 Å². The maximum Gasteiger partial charge on any atom is 0.278 e. The lowest BCUT2D eigenvalue weighted by Gasteiger charge is -2.17. The van der Waals surface area contributed by atoms with Crippen LogP contribution < -0.4 is 19.5 Å². The minimum Gasteiger partial charge on any atom is -0.493 e. The normalized spacial score (nSPS) is 13.9. The summed E-state index contributed by atoms with van der Waals surface area (Å²) in [7, 11) is 4.54. The van der Waals surface area contributed by atoms with Crippen molar-refractivity contribution in [2.24, 2.45) is 0 Å². The van der Waals surface area contributed by atoms with Crippen LogP contribution in [-0.2, 0) is 14.3 Å². The van der Waals surface area contributed by atoms with E-state index in [0.717, 1.165) is 0 Å². The lowest BCUT2D eigenvalue weighted by molar-refractivity contribution is -0.137. The van der Waals surface area contributed by atoms with Crippen LogP contribution in [0.2, 0.25) is 0 Å². The van der Waals surface area contributed by atoms with Crippen LogP contribution >= 0.6 is 11.3 Å². The molecule has 166 valence electrons. The highest BCUT2D eigenvalue weighted by Crippen LogP contribution is 2.41. The van der Waals surface area contributed by atoms with Crippen LogP contribution in [-0.4, -0.2) is 57.3 Å². The molecule has 0 saturated carbocycles. The van der Waals surface area contributed by atoms with E-state index in [2.05, 4.69) is 5.32 Å². The molecule has 0 aliphatic carbocycles. The summed E-state index contributed by atoms with van der Waals surface area (Å²) in [6.45, 7) is 4.25. The van der Waals surface area contributed by atoms with Crippen molar-refractivity contribution in [1.29, 1.82) is 0 Å². The largest absolute Gasteiger partial charge is 0.493 e. The van der Waals surface area contributed by atoms with E-state index in [1.54, 1.807) is 12.1 Å². The van der Waals surface area contributed by atoms with Crippen LogP contribution in [0.3, 0.4) is 0 Å². The molecule has 0 spiro atoms. The molecule has 2 aromatic rings. The molecule has 1 aromatic heterocycles. The first-order chi connectivity index (χ1) is 14.9. The van der Waals surface area contributed by atoms with Crippen molar-refractivity contribution >= 4 is 34.4 Å². The smallest absolute Gasteiger partial charge is 0.278 e. The lowest BCUT2D eigenvalue weighted by Crippen LogP contribution is -2.35.